The van der Waals surface area contributed by atoms with E-state index in [1.165, 1.54) is 37.3 Å². The number of aliphatic hydroxyl groups excluding tert-OH is 1. The van der Waals surface area contributed by atoms with Crippen LogP contribution in [0.1, 0.15) is 102 Å². The van der Waals surface area contributed by atoms with Gasteiger partial charge in [-0.25, -0.2) is 0 Å². The molecule has 0 radical (unpaired) electrons. The fourth-order valence-electron chi connectivity index (χ4n) is 7.27. The Hall–Kier alpha value is -4.02. The summed E-state index contributed by atoms with van der Waals surface area (Å²) in [6, 6.07) is 5.42. The summed E-state index contributed by atoms with van der Waals surface area (Å²) in [5.74, 6) is -3.86. The molecule has 1 aliphatic carbocycles. The lowest BCUT2D eigenvalue weighted by Gasteiger charge is -2.42. The normalized spacial score (nSPS) is 31.9. The number of rotatable bonds is 9. The van der Waals surface area contributed by atoms with E-state index in [1.807, 2.05) is 6.92 Å². The number of carboxylic acid groups (broad SMARTS) is 1. The first-order chi connectivity index (χ1) is 24.0. The lowest BCUT2D eigenvalue weighted by Crippen LogP contribution is -2.50. The zero-order valence-corrected chi connectivity index (χ0v) is 28.6. The molecular formula is C37H42O14. The standard InChI is InChI=1S/C37H42O14/c1-16-23(38)9-11-28(48-16)50-25-10-12-29(49-17(25)2)51-36-18(3)47-26(13-24(36)39)20-7-8-22-31(33(20)43)35(45)21-6-5-19(32(42)30(21)34(22)44)14-37(4,46)15-27(40)41/h5-9,11,16-18,24-26,28-29,36,39,42-43,46H,10,12-15H2,1-4H3,(H,40,41)/t16-,17-,18+,24+,25-,26+,28-,29-,36+,37?/m0/s1. The van der Waals surface area contributed by atoms with Crippen LogP contribution < -0.4 is 0 Å². The third-order valence-corrected chi connectivity index (χ3v) is 9.89. The van der Waals surface area contributed by atoms with Crippen molar-refractivity contribution in [3.05, 3.63) is 69.8 Å². The minimum Gasteiger partial charge on any atom is -0.507 e. The Bertz CT molecular complexity index is 1750. The number of phenols is 2. The third-order valence-electron chi connectivity index (χ3n) is 9.89. The summed E-state index contributed by atoms with van der Waals surface area (Å²) < 4.78 is 30.0. The van der Waals surface area contributed by atoms with E-state index >= 15 is 0 Å². The van der Waals surface area contributed by atoms with Gasteiger partial charge >= 0.3 is 5.97 Å². The van der Waals surface area contributed by atoms with Crippen LogP contribution in [0.2, 0.25) is 0 Å². The van der Waals surface area contributed by atoms with Crippen LogP contribution in [0.5, 0.6) is 11.5 Å². The second-order valence-corrected chi connectivity index (χ2v) is 14.0. The van der Waals surface area contributed by atoms with Crippen LogP contribution in [0.4, 0.5) is 0 Å². The maximum Gasteiger partial charge on any atom is 0.306 e. The van der Waals surface area contributed by atoms with Crippen LogP contribution in [0.25, 0.3) is 0 Å². The second-order valence-electron chi connectivity index (χ2n) is 14.0. The molecule has 274 valence electrons. The molecule has 0 spiro atoms. The molecule has 0 bridgehead atoms. The van der Waals surface area contributed by atoms with Gasteiger partial charge in [-0.05, 0) is 64.0 Å². The molecule has 14 nitrogen and oxygen atoms in total. The number of benzene rings is 2. The van der Waals surface area contributed by atoms with Gasteiger partial charge in [0.05, 0.1) is 53.7 Å². The van der Waals surface area contributed by atoms with Gasteiger partial charge < -0.3 is 49.2 Å². The van der Waals surface area contributed by atoms with Gasteiger partial charge in [-0.15, -0.1) is 0 Å². The van der Waals surface area contributed by atoms with Gasteiger partial charge in [0.25, 0.3) is 0 Å². The average Bonchev–Trinajstić information content (AvgIpc) is 3.04. The molecule has 3 aliphatic heterocycles. The SMILES string of the molecule is C[C@@H]1O[C@@H](O[C@H]2CC[C@H](O[C@H]3[C@H](O)C[C@H](c4ccc5c(c4O)C(=O)c4ccc(CC(C)(O)CC(=O)O)c(O)c4C5=O)O[C@@H]3C)O[C@H]2C)C=CC1=O. The molecule has 0 saturated carbocycles. The van der Waals surface area contributed by atoms with E-state index in [0.29, 0.717) is 12.8 Å². The lowest BCUT2D eigenvalue weighted by atomic mass is 9.79. The van der Waals surface area contributed by atoms with E-state index in [4.69, 9.17) is 28.8 Å². The monoisotopic (exact) mass is 710 g/mol. The number of hydrogen-bond donors (Lipinski definition) is 5. The van der Waals surface area contributed by atoms with Crippen molar-refractivity contribution in [1.29, 1.82) is 0 Å². The molecule has 0 aromatic heterocycles. The lowest BCUT2D eigenvalue weighted by molar-refractivity contribution is -0.292. The van der Waals surface area contributed by atoms with Crippen molar-refractivity contribution in [1.82, 2.24) is 0 Å². The maximum atomic E-state index is 13.7. The molecule has 0 amide bonds. The molecule has 2 aromatic carbocycles. The number of aliphatic carboxylic acids is 1. The summed E-state index contributed by atoms with van der Waals surface area (Å²) in [4.78, 5) is 50.1. The molecule has 5 N–H and O–H groups in total. The van der Waals surface area contributed by atoms with Crippen LogP contribution >= 0.6 is 0 Å². The van der Waals surface area contributed by atoms with E-state index in [0.717, 1.165) is 0 Å². The summed E-state index contributed by atoms with van der Waals surface area (Å²) >= 11 is 0. The molecule has 2 aromatic rings. The molecular weight excluding hydrogens is 668 g/mol. The number of hydrogen-bond acceptors (Lipinski definition) is 13. The van der Waals surface area contributed by atoms with Crippen molar-refractivity contribution in [2.24, 2.45) is 0 Å². The molecule has 2 fully saturated rings. The van der Waals surface area contributed by atoms with E-state index < -0.39 is 84.2 Å². The van der Waals surface area contributed by atoms with Crippen LogP contribution in [-0.4, -0.2) is 104 Å². The zero-order valence-electron chi connectivity index (χ0n) is 28.6. The number of aromatic hydroxyl groups is 2. The number of ether oxygens (including phenoxy) is 5. The number of phenolic OH excluding ortho intramolecular Hbond substituents is 2. The number of ketones is 3. The second kappa shape index (κ2) is 14.2. The maximum absolute atomic E-state index is 13.7. The smallest absolute Gasteiger partial charge is 0.306 e. The Morgan fingerprint density at radius 2 is 1.57 bits per heavy atom. The van der Waals surface area contributed by atoms with Gasteiger partial charge in [0.15, 0.2) is 29.9 Å². The van der Waals surface area contributed by atoms with Crippen LogP contribution in [0.15, 0.2) is 36.4 Å². The van der Waals surface area contributed by atoms with E-state index in [-0.39, 0.29) is 64.2 Å². The highest BCUT2D eigenvalue weighted by molar-refractivity contribution is 6.30. The van der Waals surface area contributed by atoms with Gasteiger partial charge in [0, 0.05) is 36.0 Å². The Labute approximate surface area is 293 Å². The summed E-state index contributed by atoms with van der Waals surface area (Å²) in [6.07, 6.45) is -2.83. The minimum absolute atomic E-state index is 0.00321. The van der Waals surface area contributed by atoms with Crippen molar-refractivity contribution in [2.75, 3.05) is 0 Å². The summed E-state index contributed by atoms with van der Waals surface area (Å²) in [5.41, 5.74) is -2.34. The number of carboxylic acids is 1. The Morgan fingerprint density at radius 1 is 0.902 bits per heavy atom. The largest absolute Gasteiger partial charge is 0.507 e. The highest BCUT2D eigenvalue weighted by atomic mass is 16.7. The number of fused-ring (bicyclic) bond motifs is 2. The summed E-state index contributed by atoms with van der Waals surface area (Å²) in [5, 5.41) is 53.2. The molecule has 51 heavy (non-hydrogen) atoms. The van der Waals surface area contributed by atoms with E-state index in [1.54, 1.807) is 19.9 Å². The third kappa shape index (κ3) is 7.35. The van der Waals surface area contributed by atoms with Gasteiger partial charge in [-0.3, -0.25) is 19.2 Å². The number of carbonyl (C=O) groups excluding carboxylic acids is 3. The summed E-state index contributed by atoms with van der Waals surface area (Å²) in [6.45, 7) is 6.50. The average molecular weight is 711 g/mol. The first kappa shape index (κ1) is 36.8. The summed E-state index contributed by atoms with van der Waals surface area (Å²) in [7, 11) is 0. The fourth-order valence-corrected chi connectivity index (χ4v) is 7.27. The molecule has 14 heteroatoms. The van der Waals surface area contributed by atoms with Crippen LogP contribution in [0, 0.1) is 0 Å². The predicted molar refractivity (Wildman–Crippen MR) is 175 cm³/mol. The van der Waals surface area contributed by atoms with E-state index in [2.05, 4.69) is 0 Å². The number of aliphatic hydroxyl groups is 2. The van der Waals surface area contributed by atoms with Crippen molar-refractivity contribution in [2.45, 2.75) is 121 Å². The fraction of sp³-hybridized carbons (Fsp3) is 0.514. The Morgan fingerprint density at radius 3 is 2.20 bits per heavy atom. The van der Waals surface area contributed by atoms with Gasteiger partial charge in [-0.2, -0.15) is 0 Å². The minimum atomic E-state index is -1.73. The molecule has 10 atom stereocenters. The van der Waals surface area contributed by atoms with Crippen molar-refractivity contribution in [3.8, 4) is 11.5 Å². The molecule has 2 saturated heterocycles. The van der Waals surface area contributed by atoms with Gasteiger partial charge in [0.2, 0.25) is 0 Å². The molecule has 4 aliphatic rings. The topological polar surface area (TPSA) is 216 Å². The molecule has 3 heterocycles. The van der Waals surface area contributed by atoms with Crippen molar-refractivity contribution in [3.63, 3.8) is 0 Å². The highest BCUT2D eigenvalue weighted by Gasteiger charge is 2.43. The highest BCUT2D eigenvalue weighted by Crippen LogP contribution is 2.44. The quantitative estimate of drug-likeness (QED) is 0.216. The van der Waals surface area contributed by atoms with Crippen LogP contribution in [-0.2, 0) is 39.7 Å². The number of carbonyl (C=O) groups is 4. The first-order valence-electron chi connectivity index (χ1n) is 17.0. The first-order valence-corrected chi connectivity index (χ1v) is 17.0. The molecule has 1 unspecified atom stereocenters. The Kier molecular flexibility index (Phi) is 10.2. The predicted octanol–water partition coefficient (Wildman–Crippen LogP) is 3.02. The van der Waals surface area contributed by atoms with Crippen LogP contribution in [0.3, 0.4) is 0 Å². The van der Waals surface area contributed by atoms with Gasteiger partial charge in [-0.1, -0.05) is 12.1 Å². The van der Waals surface area contributed by atoms with E-state index in [9.17, 15) is 39.6 Å². The van der Waals surface area contributed by atoms with Crippen molar-refractivity contribution >= 4 is 23.3 Å². The Balaban J connectivity index is 1.12. The van der Waals surface area contributed by atoms with Gasteiger partial charge in [0.1, 0.15) is 23.7 Å². The zero-order chi connectivity index (χ0) is 36.9. The van der Waals surface area contributed by atoms with Crippen molar-refractivity contribution < 1.29 is 68.4 Å². The molecule has 6 rings (SSSR count).